The molecule has 2 N–H and O–H groups in total. The lowest BCUT2D eigenvalue weighted by molar-refractivity contribution is 0.251. The molecule has 2 aromatic rings. The molecule has 2 aliphatic heterocycles. The fourth-order valence-electron chi connectivity index (χ4n) is 3.92. The van der Waals surface area contributed by atoms with Gasteiger partial charge in [0, 0.05) is 48.3 Å². The Kier molecular flexibility index (Phi) is 3.04. The molecule has 2 fully saturated rings. The van der Waals surface area contributed by atoms with Crippen molar-refractivity contribution in [3.63, 3.8) is 0 Å². The normalized spacial score (nSPS) is 27.1. The van der Waals surface area contributed by atoms with E-state index in [1.54, 1.807) is 0 Å². The fourth-order valence-corrected chi connectivity index (χ4v) is 3.92. The molecule has 0 radical (unpaired) electrons. The number of fused-ring (bicyclic) bond motifs is 3. The molecular formula is C17H23N3. The Morgan fingerprint density at radius 3 is 2.95 bits per heavy atom. The van der Waals surface area contributed by atoms with Crippen LogP contribution in [-0.2, 0) is 6.54 Å². The average molecular weight is 269 g/mol. The van der Waals surface area contributed by atoms with Crippen LogP contribution in [0.25, 0.3) is 10.9 Å². The molecule has 2 atom stereocenters. The Hall–Kier alpha value is -1.32. The molecule has 0 saturated carbocycles. The van der Waals surface area contributed by atoms with E-state index in [1.165, 1.54) is 54.5 Å². The smallest absolute Gasteiger partial charge is 0.0459 e. The Morgan fingerprint density at radius 1 is 1.15 bits per heavy atom. The van der Waals surface area contributed by atoms with Crippen molar-refractivity contribution in [1.29, 1.82) is 0 Å². The standard InChI is InChI=1S/C17H23N3/c1-12-16(15-4-2-3-5-17(15)18-12)11-20-9-8-13-6-7-14(10-20)19-13/h2-5,13-14,18-19H,6-11H2,1H3. The highest BCUT2D eigenvalue weighted by molar-refractivity contribution is 5.84. The SMILES string of the molecule is Cc1[nH]c2ccccc2c1CN1CCC2CCC(C1)N2. The van der Waals surface area contributed by atoms with E-state index in [0.717, 1.165) is 12.6 Å². The third-order valence-corrected chi connectivity index (χ3v) is 5.02. The maximum absolute atomic E-state index is 3.76. The van der Waals surface area contributed by atoms with Gasteiger partial charge in [0.1, 0.15) is 0 Å². The number of para-hydroxylation sites is 1. The van der Waals surface area contributed by atoms with E-state index in [4.69, 9.17) is 0 Å². The summed E-state index contributed by atoms with van der Waals surface area (Å²) in [6, 6.07) is 10.2. The maximum Gasteiger partial charge on any atom is 0.0459 e. The van der Waals surface area contributed by atoms with Crippen LogP contribution < -0.4 is 5.32 Å². The van der Waals surface area contributed by atoms with Gasteiger partial charge in [0.05, 0.1) is 0 Å². The van der Waals surface area contributed by atoms with Crippen LogP contribution in [0.5, 0.6) is 0 Å². The lowest BCUT2D eigenvalue weighted by Crippen LogP contribution is -2.35. The van der Waals surface area contributed by atoms with Gasteiger partial charge in [0.15, 0.2) is 0 Å². The predicted octanol–water partition coefficient (Wildman–Crippen LogP) is 2.80. The lowest BCUT2D eigenvalue weighted by Gasteiger charge is -2.24. The number of benzene rings is 1. The Labute approximate surface area is 120 Å². The number of nitrogens with zero attached hydrogens (tertiary/aromatic N) is 1. The highest BCUT2D eigenvalue weighted by atomic mass is 15.2. The first-order chi connectivity index (χ1) is 9.79. The van der Waals surface area contributed by atoms with Crippen LogP contribution in [0.15, 0.2) is 24.3 Å². The lowest BCUT2D eigenvalue weighted by atomic mass is 10.1. The maximum atomic E-state index is 3.76. The summed E-state index contributed by atoms with van der Waals surface area (Å²) < 4.78 is 0. The Morgan fingerprint density at radius 2 is 2.00 bits per heavy atom. The van der Waals surface area contributed by atoms with Crippen molar-refractivity contribution in [2.45, 2.75) is 44.8 Å². The third-order valence-electron chi connectivity index (χ3n) is 5.02. The van der Waals surface area contributed by atoms with Crippen molar-refractivity contribution < 1.29 is 0 Å². The third kappa shape index (κ3) is 2.15. The van der Waals surface area contributed by atoms with Gasteiger partial charge in [0.2, 0.25) is 0 Å². The molecule has 1 aromatic heterocycles. The molecule has 0 amide bonds. The number of aromatic amines is 1. The first-order valence-corrected chi connectivity index (χ1v) is 7.84. The van der Waals surface area contributed by atoms with Crippen LogP contribution in [0.2, 0.25) is 0 Å². The van der Waals surface area contributed by atoms with Crippen molar-refractivity contribution in [1.82, 2.24) is 15.2 Å². The van der Waals surface area contributed by atoms with Crippen LogP contribution in [0.3, 0.4) is 0 Å². The van der Waals surface area contributed by atoms with Gasteiger partial charge in [-0.05, 0) is 37.8 Å². The molecular weight excluding hydrogens is 246 g/mol. The van der Waals surface area contributed by atoms with Gasteiger partial charge < -0.3 is 10.3 Å². The van der Waals surface area contributed by atoms with E-state index in [-0.39, 0.29) is 0 Å². The van der Waals surface area contributed by atoms with E-state index in [2.05, 4.69) is 46.4 Å². The molecule has 3 heterocycles. The fraction of sp³-hybridized carbons (Fsp3) is 0.529. The highest BCUT2D eigenvalue weighted by Crippen LogP contribution is 2.26. The van der Waals surface area contributed by atoms with E-state index < -0.39 is 0 Å². The van der Waals surface area contributed by atoms with Crippen LogP contribution in [0, 0.1) is 6.92 Å². The number of aryl methyl sites for hydroxylation is 1. The van der Waals surface area contributed by atoms with Crippen LogP contribution in [0.1, 0.15) is 30.5 Å². The van der Waals surface area contributed by atoms with E-state index in [0.29, 0.717) is 6.04 Å². The summed E-state index contributed by atoms with van der Waals surface area (Å²) in [6.07, 6.45) is 4.04. The van der Waals surface area contributed by atoms with E-state index in [1.807, 2.05) is 0 Å². The number of H-pyrrole nitrogens is 1. The first kappa shape index (κ1) is 12.4. The second-order valence-corrected chi connectivity index (χ2v) is 6.44. The van der Waals surface area contributed by atoms with Gasteiger partial charge in [-0.3, -0.25) is 4.90 Å². The van der Waals surface area contributed by atoms with Crippen LogP contribution in [0.4, 0.5) is 0 Å². The Bertz CT molecular complexity index is 616. The van der Waals surface area contributed by atoms with Crippen molar-refractivity contribution in [3.8, 4) is 0 Å². The summed E-state index contributed by atoms with van der Waals surface area (Å²) in [5.74, 6) is 0. The van der Waals surface area contributed by atoms with Gasteiger partial charge in [-0.2, -0.15) is 0 Å². The highest BCUT2D eigenvalue weighted by Gasteiger charge is 2.29. The summed E-state index contributed by atoms with van der Waals surface area (Å²) in [7, 11) is 0. The molecule has 2 saturated heterocycles. The van der Waals surface area contributed by atoms with Crippen molar-refractivity contribution >= 4 is 10.9 Å². The van der Waals surface area contributed by atoms with Crippen LogP contribution >= 0.6 is 0 Å². The zero-order chi connectivity index (χ0) is 13.5. The number of hydrogen-bond donors (Lipinski definition) is 2. The number of hydrogen-bond acceptors (Lipinski definition) is 2. The summed E-state index contributed by atoms with van der Waals surface area (Å²) in [6.45, 7) is 5.72. The van der Waals surface area contributed by atoms with Gasteiger partial charge >= 0.3 is 0 Å². The minimum atomic E-state index is 0.716. The molecule has 0 spiro atoms. The van der Waals surface area contributed by atoms with Crippen molar-refractivity contribution in [2.75, 3.05) is 13.1 Å². The number of aromatic nitrogens is 1. The molecule has 3 heteroatoms. The zero-order valence-corrected chi connectivity index (χ0v) is 12.2. The quantitative estimate of drug-likeness (QED) is 0.878. The van der Waals surface area contributed by atoms with Gasteiger partial charge in [-0.1, -0.05) is 18.2 Å². The molecule has 2 aliphatic rings. The monoisotopic (exact) mass is 269 g/mol. The molecule has 2 unspecified atom stereocenters. The minimum absolute atomic E-state index is 0.716. The number of likely N-dealkylation sites (tertiary alicyclic amines) is 1. The minimum Gasteiger partial charge on any atom is -0.358 e. The first-order valence-electron chi connectivity index (χ1n) is 7.84. The molecule has 2 bridgehead atoms. The molecule has 20 heavy (non-hydrogen) atoms. The van der Waals surface area contributed by atoms with Gasteiger partial charge in [0.25, 0.3) is 0 Å². The zero-order valence-electron chi connectivity index (χ0n) is 12.2. The largest absolute Gasteiger partial charge is 0.358 e. The van der Waals surface area contributed by atoms with E-state index >= 15 is 0 Å². The molecule has 106 valence electrons. The molecule has 0 aliphatic carbocycles. The summed E-state index contributed by atoms with van der Waals surface area (Å²) >= 11 is 0. The second kappa shape index (κ2) is 4.90. The second-order valence-electron chi connectivity index (χ2n) is 6.44. The predicted molar refractivity (Wildman–Crippen MR) is 82.9 cm³/mol. The van der Waals surface area contributed by atoms with E-state index in [9.17, 15) is 0 Å². The van der Waals surface area contributed by atoms with Gasteiger partial charge in [-0.15, -0.1) is 0 Å². The molecule has 4 rings (SSSR count). The molecule has 3 nitrogen and oxygen atoms in total. The van der Waals surface area contributed by atoms with Gasteiger partial charge in [-0.25, -0.2) is 0 Å². The Balaban J connectivity index is 1.59. The number of nitrogens with one attached hydrogen (secondary N) is 2. The summed E-state index contributed by atoms with van der Waals surface area (Å²) in [5, 5.41) is 5.16. The average Bonchev–Trinajstić information content (AvgIpc) is 2.93. The summed E-state index contributed by atoms with van der Waals surface area (Å²) in [5.41, 5.74) is 4.08. The number of rotatable bonds is 2. The van der Waals surface area contributed by atoms with Crippen LogP contribution in [-0.4, -0.2) is 35.1 Å². The summed E-state index contributed by atoms with van der Waals surface area (Å²) in [4.78, 5) is 6.16. The topological polar surface area (TPSA) is 31.1 Å². The van der Waals surface area contributed by atoms with Crippen molar-refractivity contribution in [2.24, 2.45) is 0 Å². The molecule has 1 aromatic carbocycles. The van der Waals surface area contributed by atoms with Crippen molar-refractivity contribution in [3.05, 3.63) is 35.5 Å².